The van der Waals surface area contributed by atoms with Gasteiger partial charge in [0.2, 0.25) is 11.8 Å². The lowest BCUT2D eigenvalue weighted by molar-refractivity contribution is -0.150. The van der Waals surface area contributed by atoms with Gasteiger partial charge in [-0.05, 0) is 32.4 Å². The van der Waals surface area contributed by atoms with Crippen molar-refractivity contribution in [2.45, 2.75) is 25.4 Å². The van der Waals surface area contributed by atoms with Gasteiger partial charge < -0.3 is 10.6 Å². The van der Waals surface area contributed by atoms with Crippen LogP contribution in [0.2, 0.25) is 0 Å². The monoisotopic (exact) mass is 307 g/mol. The second kappa shape index (κ2) is 6.21. The fourth-order valence-electron chi connectivity index (χ4n) is 3.04. The molecule has 0 saturated carbocycles. The summed E-state index contributed by atoms with van der Waals surface area (Å²) in [6.45, 7) is 0.500. The molecule has 120 valence electrons. The number of nitrogens with two attached hydrogens (primary N) is 1. The summed E-state index contributed by atoms with van der Waals surface area (Å²) in [7, 11) is 0. The molecule has 0 aromatic carbocycles. The van der Waals surface area contributed by atoms with Crippen LogP contribution in [0.25, 0.3) is 0 Å². The summed E-state index contributed by atoms with van der Waals surface area (Å²) in [6.07, 6.45) is -2.74. The number of hydrogen-bond donors (Lipinski definition) is 1. The van der Waals surface area contributed by atoms with Gasteiger partial charge in [-0.3, -0.25) is 14.5 Å². The van der Waals surface area contributed by atoms with E-state index in [1.807, 2.05) is 0 Å². The van der Waals surface area contributed by atoms with E-state index in [4.69, 9.17) is 5.73 Å². The highest BCUT2D eigenvalue weighted by Gasteiger charge is 2.37. The Morgan fingerprint density at radius 2 is 1.62 bits per heavy atom. The topological polar surface area (TPSA) is 66.6 Å². The normalized spacial score (nSPS) is 25.3. The van der Waals surface area contributed by atoms with Gasteiger partial charge in [-0.2, -0.15) is 13.2 Å². The molecule has 0 spiro atoms. The van der Waals surface area contributed by atoms with Gasteiger partial charge >= 0.3 is 6.18 Å². The van der Waals surface area contributed by atoms with Crippen LogP contribution in [0.4, 0.5) is 13.2 Å². The SMILES string of the molecule is NC(=O)[C@H]1CCN(C(=O)C2CCN(CC(F)(F)F)CC2)C1. The fourth-order valence-corrected chi connectivity index (χ4v) is 3.04. The van der Waals surface area contributed by atoms with E-state index in [0.717, 1.165) is 0 Å². The Hall–Kier alpha value is -1.31. The molecule has 2 fully saturated rings. The van der Waals surface area contributed by atoms with Gasteiger partial charge in [-0.25, -0.2) is 0 Å². The lowest BCUT2D eigenvalue weighted by atomic mass is 9.95. The van der Waals surface area contributed by atoms with Crippen LogP contribution in [-0.4, -0.2) is 60.5 Å². The Balaban J connectivity index is 1.80. The van der Waals surface area contributed by atoms with Crippen LogP contribution < -0.4 is 5.73 Å². The molecule has 2 aliphatic heterocycles. The number of nitrogens with zero attached hydrogens (tertiary/aromatic N) is 2. The summed E-state index contributed by atoms with van der Waals surface area (Å²) in [5, 5.41) is 0. The molecule has 2 saturated heterocycles. The van der Waals surface area contributed by atoms with Crippen molar-refractivity contribution in [3.63, 3.8) is 0 Å². The van der Waals surface area contributed by atoms with Gasteiger partial charge in [0.1, 0.15) is 0 Å². The van der Waals surface area contributed by atoms with Crippen molar-refractivity contribution in [2.75, 3.05) is 32.7 Å². The number of hydrogen-bond acceptors (Lipinski definition) is 3. The first-order chi connectivity index (χ1) is 9.76. The molecule has 0 aliphatic carbocycles. The van der Waals surface area contributed by atoms with Gasteiger partial charge in [0.15, 0.2) is 0 Å². The Morgan fingerprint density at radius 1 is 1.05 bits per heavy atom. The molecular formula is C13H20F3N3O2. The summed E-state index contributed by atoms with van der Waals surface area (Å²) < 4.78 is 36.9. The van der Waals surface area contributed by atoms with Gasteiger partial charge in [0.05, 0.1) is 12.5 Å². The molecule has 0 bridgehead atoms. The van der Waals surface area contributed by atoms with Crippen molar-refractivity contribution in [3.05, 3.63) is 0 Å². The average Bonchev–Trinajstić information content (AvgIpc) is 2.86. The number of alkyl halides is 3. The molecule has 2 rings (SSSR count). The molecule has 8 heteroatoms. The highest BCUT2D eigenvalue weighted by Crippen LogP contribution is 2.26. The maximum atomic E-state index is 12.3. The van der Waals surface area contributed by atoms with Crippen molar-refractivity contribution < 1.29 is 22.8 Å². The Labute approximate surface area is 121 Å². The van der Waals surface area contributed by atoms with Gasteiger partial charge in [0, 0.05) is 19.0 Å². The number of rotatable bonds is 3. The van der Waals surface area contributed by atoms with Crippen LogP contribution in [0.1, 0.15) is 19.3 Å². The minimum absolute atomic E-state index is 0.0505. The first-order valence-corrected chi connectivity index (χ1v) is 7.13. The fraction of sp³-hybridized carbons (Fsp3) is 0.846. The molecule has 2 aliphatic rings. The lowest BCUT2D eigenvalue weighted by Crippen LogP contribution is -2.44. The molecule has 0 radical (unpaired) electrons. The van der Waals surface area contributed by atoms with E-state index in [1.165, 1.54) is 4.90 Å². The predicted molar refractivity (Wildman–Crippen MR) is 69.1 cm³/mol. The number of halogens is 3. The Morgan fingerprint density at radius 3 is 2.10 bits per heavy atom. The van der Waals surface area contributed by atoms with Crippen molar-refractivity contribution in [2.24, 2.45) is 17.6 Å². The van der Waals surface area contributed by atoms with E-state index in [-0.39, 0.29) is 30.8 Å². The third-order valence-electron chi connectivity index (χ3n) is 4.24. The maximum Gasteiger partial charge on any atom is 0.401 e. The van der Waals surface area contributed by atoms with Crippen molar-refractivity contribution in [1.82, 2.24) is 9.80 Å². The zero-order chi connectivity index (χ0) is 15.6. The van der Waals surface area contributed by atoms with E-state index < -0.39 is 18.6 Å². The predicted octanol–water partition coefficient (Wildman–Crippen LogP) is 0.594. The molecule has 0 aromatic heterocycles. The average molecular weight is 307 g/mol. The molecule has 1 atom stereocenters. The number of piperidine rings is 1. The van der Waals surface area contributed by atoms with E-state index >= 15 is 0 Å². The number of carbonyl (C=O) groups excluding carboxylic acids is 2. The molecule has 0 aromatic rings. The van der Waals surface area contributed by atoms with Gasteiger partial charge in [-0.15, -0.1) is 0 Å². The maximum absolute atomic E-state index is 12.3. The van der Waals surface area contributed by atoms with Crippen molar-refractivity contribution in [1.29, 1.82) is 0 Å². The van der Waals surface area contributed by atoms with Crippen molar-refractivity contribution >= 4 is 11.8 Å². The standard InChI is InChI=1S/C13H20F3N3O2/c14-13(15,16)8-18-4-1-9(2-5-18)12(21)19-6-3-10(7-19)11(17)20/h9-10H,1-8H2,(H2,17,20)/t10-/m0/s1. The number of amides is 2. The van der Waals surface area contributed by atoms with Crippen molar-refractivity contribution in [3.8, 4) is 0 Å². The summed E-state index contributed by atoms with van der Waals surface area (Å²) in [5.41, 5.74) is 5.23. The number of carbonyl (C=O) groups is 2. The summed E-state index contributed by atoms with van der Waals surface area (Å²) >= 11 is 0. The third kappa shape index (κ3) is 4.33. The third-order valence-corrected chi connectivity index (χ3v) is 4.24. The van der Waals surface area contributed by atoms with E-state index in [0.29, 0.717) is 32.4 Å². The Kier molecular flexibility index (Phi) is 4.75. The largest absolute Gasteiger partial charge is 0.401 e. The zero-order valence-corrected chi connectivity index (χ0v) is 11.7. The molecule has 5 nitrogen and oxygen atoms in total. The first-order valence-electron chi connectivity index (χ1n) is 7.13. The lowest BCUT2D eigenvalue weighted by Gasteiger charge is -2.33. The van der Waals surface area contributed by atoms with E-state index in [9.17, 15) is 22.8 Å². The molecule has 2 amide bonds. The van der Waals surface area contributed by atoms with E-state index in [1.54, 1.807) is 4.90 Å². The van der Waals surface area contributed by atoms with Crippen LogP contribution in [0, 0.1) is 11.8 Å². The quantitative estimate of drug-likeness (QED) is 0.830. The van der Waals surface area contributed by atoms with Crippen LogP contribution in [-0.2, 0) is 9.59 Å². The number of primary amides is 1. The van der Waals surface area contributed by atoms with Crippen LogP contribution in [0.5, 0.6) is 0 Å². The molecule has 2 N–H and O–H groups in total. The van der Waals surface area contributed by atoms with Crippen LogP contribution in [0.15, 0.2) is 0 Å². The summed E-state index contributed by atoms with van der Waals surface area (Å²) in [4.78, 5) is 26.3. The summed E-state index contributed by atoms with van der Waals surface area (Å²) in [5.74, 6) is -0.976. The molecule has 21 heavy (non-hydrogen) atoms. The Bertz CT molecular complexity index is 406. The summed E-state index contributed by atoms with van der Waals surface area (Å²) in [6, 6.07) is 0. The molecule has 2 heterocycles. The highest BCUT2D eigenvalue weighted by atomic mass is 19.4. The first kappa shape index (κ1) is 16.1. The van der Waals surface area contributed by atoms with E-state index in [2.05, 4.69) is 0 Å². The highest BCUT2D eigenvalue weighted by molar-refractivity contribution is 5.82. The second-order valence-electron chi connectivity index (χ2n) is 5.84. The smallest absolute Gasteiger partial charge is 0.369 e. The van der Waals surface area contributed by atoms with Crippen LogP contribution >= 0.6 is 0 Å². The minimum Gasteiger partial charge on any atom is -0.369 e. The molecular weight excluding hydrogens is 287 g/mol. The molecule has 0 unspecified atom stereocenters. The van der Waals surface area contributed by atoms with Crippen LogP contribution in [0.3, 0.4) is 0 Å². The number of likely N-dealkylation sites (tertiary alicyclic amines) is 2. The van der Waals surface area contributed by atoms with Gasteiger partial charge in [-0.1, -0.05) is 0 Å². The second-order valence-corrected chi connectivity index (χ2v) is 5.84. The van der Waals surface area contributed by atoms with Gasteiger partial charge in [0.25, 0.3) is 0 Å². The minimum atomic E-state index is -4.19. The zero-order valence-electron chi connectivity index (χ0n) is 11.7.